The number of aromatic nitrogens is 3. The molecule has 28 heavy (non-hydrogen) atoms. The Morgan fingerprint density at radius 1 is 1.25 bits per heavy atom. The Labute approximate surface area is 169 Å². The standard InChI is InChI=1S/C18H37N7O2S/c1-5-7-8-9-10-16(3)23-18(19-11-12-22-28(4,26)27)20-13-14-25-15-21-24-17(25)6-2/h15-16,22H,5-14H2,1-4H3,(H2,19,20,23). The van der Waals surface area contributed by atoms with Gasteiger partial charge in [0, 0.05) is 32.1 Å². The lowest BCUT2D eigenvalue weighted by molar-refractivity contribution is 0.533. The zero-order valence-corrected chi connectivity index (χ0v) is 18.6. The molecule has 0 saturated carbocycles. The summed E-state index contributed by atoms with van der Waals surface area (Å²) >= 11 is 0. The van der Waals surface area contributed by atoms with E-state index in [9.17, 15) is 8.42 Å². The van der Waals surface area contributed by atoms with E-state index >= 15 is 0 Å². The zero-order valence-electron chi connectivity index (χ0n) is 17.7. The Kier molecular flexibility index (Phi) is 11.7. The minimum absolute atomic E-state index is 0.280. The van der Waals surface area contributed by atoms with Crippen molar-refractivity contribution in [3.8, 4) is 0 Å². The molecular formula is C18H37N7O2S. The van der Waals surface area contributed by atoms with E-state index in [0.717, 1.165) is 31.5 Å². The number of aliphatic imine (C=N–C) groups is 1. The van der Waals surface area contributed by atoms with Gasteiger partial charge in [-0.1, -0.05) is 39.5 Å². The predicted octanol–water partition coefficient (Wildman–Crippen LogP) is 1.28. The zero-order chi connectivity index (χ0) is 20.8. The summed E-state index contributed by atoms with van der Waals surface area (Å²) in [5, 5.41) is 14.8. The largest absolute Gasteiger partial charge is 0.355 e. The van der Waals surface area contributed by atoms with Gasteiger partial charge in [-0.3, -0.25) is 4.99 Å². The summed E-state index contributed by atoms with van der Waals surface area (Å²) in [4.78, 5) is 4.50. The van der Waals surface area contributed by atoms with Gasteiger partial charge in [-0.15, -0.1) is 10.2 Å². The number of aryl methyl sites for hydroxylation is 1. The highest BCUT2D eigenvalue weighted by Crippen LogP contribution is 2.05. The van der Waals surface area contributed by atoms with Gasteiger partial charge in [0.15, 0.2) is 5.96 Å². The summed E-state index contributed by atoms with van der Waals surface area (Å²) in [5.74, 6) is 1.65. The fourth-order valence-corrected chi connectivity index (χ4v) is 3.23. The first-order chi connectivity index (χ1) is 13.4. The number of guanidine groups is 1. The Hall–Kier alpha value is -1.68. The topological polar surface area (TPSA) is 113 Å². The van der Waals surface area contributed by atoms with Gasteiger partial charge >= 0.3 is 0 Å². The van der Waals surface area contributed by atoms with Crippen LogP contribution in [0.3, 0.4) is 0 Å². The average Bonchev–Trinajstić information content (AvgIpc) is 3.09. The van der Waals surface area contributed by atoms with E-state index in [1.807, 2.05) is 4.57 Å². The van der Waals surface area contributed by atoms with Crippen LogP contribution >= 0.6 is 0 Å². The first-order valence-electron chi connectivity index (χ1n) is 10.2. The molecule has 0 aromatic carbocycles. The van der Waals surface area contributed by atoms with Gasteiger partial charge in [-0.05, 0) is 13.3 Å². The quantitative estimate of drug-likeness (QED) is 0.240. The van der Waals surface area contributed by atoms with Crippen LogP contribution in [0.15, 0.2) is 11.3 Å². The molecule has 162 valence electrons. The lowest BCUT2D eigenvalue weighted by atomic mass is 10.1. The molecule has 1 heterocycles. The molecule has 1 unspecified atom stereocenters. The number of hydrogen-bond acceptors (Lipinski definition) is 5. The van der Waals surface area contributed by atoms with E-state index in [1.54, 1.807) is 6.33 Å². The minimum atomic E-state index is -3.19. The maximum atomic E-state index is 11.2. The van der Waals surface area contributed by atoms with Gasteiger partial charge in [0.25, 0.3) is 0 Å². The molecule has 0 aliphatic rings. The summed E-state index contributed by atoms with van der Waals surface area (Å²) in [6.07, 6.45) is 9.72. The Morgan fingerprint density at radius 2 is 2.04 bits per heavy atom. The van der Waals surface area contributed by atoms with Crippen molar-refractivity contribution in [2.24, 2.45) is 4.99 Å². The molecule has 0 fully saturated rings. The molecule has 1 rings (SSSR count). The Morgan fingerprint density at radius 3 is 2.71 bits per heavy atom. The van der Waals surface area contributed by atoms with Crippen molar-refractivity contribution in [1.29, 1.82) is 0 Å². The van der Waals surface area contributed by atoms with Crippen molar-refractivity contribution in [2.45, 2.75) is 71.9 Å². The molecule has 1 aromatic rings. The van der Waals surface area contributed by atoms with Gasteiger partial charge in [-0.25, -0.2) is 13.1 Å². The highest BCUT2D eigenvalue weighted by Gasteiger charge is 2.07. The highest BCUT2D eigenvalue weighted by atomic mass is 32.2. The third-order valence-corrected chi connectivity index (χ3v) is 5.01. The van der Waals surface area contributed by atoms with Crippen molar-refractivity contribution in [2.75, 3.05) is 25.9 Å². The summed E-state index contributed by atoms with van der Waals surface area (Å²) < 4.78 is 26.8. The molecule has 1 aromatic heterocycles. The van der Waals surface area contributed by atoms with Gasteiger partial charge in [0.1, 0.15) is 12.2 Å². The van der Waals surface area contributed by atoms with Crippen molar-refractivity contribution in [3.05, 3.63) is 12.2 Å². The third-order valence-electron chi connectivity index (χ3n) is 4.28. The van der Waals surface area contributed by atoms with E-state index in [1.165, 1.54) is 25.7 Å². The van der Waals surface area contributed by atoms with Crippen LogP contribution in [0, 0.1) is 0 Å². The van der Waals surface area contributed by atoms with Crippen molar-refractivity contribution < 1.29 is 8.42 Å². The average molecular weight is 416 g/mol. The molecular weight excluding hydrogens is 378 g/mol. The van der Waals surface area contributed by atoms with E-state index in [-0.39, 0.29) is 6.54 Å². The first-order valence-corrected chi connectivity index (χ1v) is 12.1. The molecule has 1 atom stereocenters. The SMILES string of the molecule is CCCCCCC(C)NC(=NCCNS(C)(=O)=O)NCCn1cnnc1CC. The summed E-state index contributed by atoms with van der Waals surface area (Å²) in [5.41, 5.74) is 0. The number of sulfonamides is 1. The maximum Gasteiger partial charge on any atom is 0.208 e. The van der Waals surface area contributed by atoms with E-state index in [0.29, 0.717) is 25.1 Å². The normalized spacial score (nSPS) is 13.5. The fourth-order valence-electron chi connectivity index (χ4n) is 2.77. The molecule has 0 spiro atoms. The van der Waals surface area contributed by atoms with Crippen LogP contribution in [0.25, 0.3) is 0 Å². The lowest BCUT2D eigenvalue weighted by Crippen LogP contribution is -2.43. The van der Waals surface area contributed by atoms with Gasteiger partial charge in [0.05, 0.1) is 12.8 Å². The monoisotopic (exact) mass is 415 g/mol. The molecule has 0 saturated heterocycles. The van der Waals surface area contributed by atoms with Crippen LogP contribution in [0.2, 0.25) is 0 Å². The number of hydrogen-bond donors (Lipinski definition) is 3. The number of rotatable bonds is 14. The molecule has 3 N–H and O–H groups in total. The second kappa shape index (κ2) is 13.5. The predicted molar refractivity (Wildman–Crippen MR) is 114 cm³/mol. The maximum absolute atomic E-state index is 11.2. The smallest absolute Gasteiger partial charge is 0.208 e. The van der Waals surface area contributed by atoms with Crippen LogP contribution in [0.1, 0.15) is 58.7 Å². The van der Waals surface area contributed by atoms with E-state index in [2.05, 4.69) is 51.3 Å². The molecule has 0 aliphatic heterocycles. The van der Waals surface area contributed by atoms with Crippen molar-refractivity contribution in [3.63, 3.8) is 0 Å². The summed E-state index contributed by atoms with van der Waals surface area (Å²) in [6.45, 7) is 8.48. The Bertz CT molecular complexity index is 673. The van der Waals surface area contributed by atoms with Crippen LogP contribution in [0.4, 0.5) is 0 Å². The van der Waals surface area contributed by atoms with Gasteiger partial charge < -0.3 is 15.2 Å². The second-order valence-corrected chi connectivity index (χ2v) is 8.85. The number of nitrogens with zero attached hydrogens (tertiary/aromatic N) is 4. The lowest BCUT2D eigenvalue weighted by Gasteiger charge is -2.19. The fraction of sp³-hybridized carbons (Fsp3) is 0.833. The molecule has 9 nitrogen and oxygen atoms in total. The van der Waals surface area contributed by atoms with Gasteiger partial charge in [-0.2, -0.15) is 0 Å². The third kappa shape index (κ3) is 11.2. The minimum Gasteiger partial charge on any atom is -0.355 e. The van der Waals surface area contributed by atoms with E-state index < -0.39 is 10.0 Å². The van der Waals surface area contributed by atoms with Crippen molar-refractivity contribution in [1.82, 2.24) is 30.1 Å². The van der Waals surface area contributed by atoms with Crippen LogP contribution in [0.5, 0.6) is 0 Å². The van der Waals surface area contributed by atoms with Crippen LogP contribution in [-0.4, -0.2) is 61.1 Å². The first kappa shape index (κ1) is 24.4. The molecule has 0 amide bonds. The van der Waals surface area contributed by atoms with Crippen molar-refractivity contribution >= 4 is 16.0 Å². The molecule has 0 aliphatic carbocycles. The number of nitrogens with one attached hydrogen (secondary N) is 3. The molecule has 0 radical (unpaired) electrons. The van der Waals surface area contributed by atoms with E-state index in [4.69, 9.17) is 0 Å². The number of unbranched alkanes of at least 4 members (excludes halogenated alkanes) is 3. The Balaban J connectivity index is 2.53. The van der Waals surface area contributed by atoms with Crippen LogP contribution in [-0.2, 0) is 23.0 Å². The highest BCUT2D eigenvalue weighted by molar-refractivity contribution is 7.88. The second-order valence-electron chi connectivity index (χ2n) is 7.01. The summed E-state index contributed by atoms with van der Waals surface area (Å²) in [7, 11) is -3.19. The molecule has 0 bridgehead atoms. The van der Waals surface area contributed by atoms with Crippen LogP contribution < -0.4 is 15.4 Å². The molecule has 10 heteroatoms. The van der Waals surface area contributed by atoms with Gasteiger partial charge in [0.2, 0.25) is 10.0 Å². The summed E-state index contributed by atoms with van der Waals surface area (Å²) in [6, 6.07) is 0.298.